The highest BCUT2D eigenvalue weighted by Gasteiger charge is 2.07. The number of hydrogen-bond donors (Lipinski definition) is 1. The van der Waals surface area contributed by atoms with Crippen molar-refractivity contribution in [2.75, 3.05) is 0 Å². The predicted octanol–water partition coefficient (Wildman–Crippen LogP) is 4.46. The average Bonchev–Trinajstić information content (AvgIpc) is 2.78. The number of aliphatic carboxylic acids is 1. The fourth-order valence-electron chi connectivity index (χ4n) is 1.39. The highest BCUT2D eigenvalue weighted by atomic mass is 35.5. The van der Waals surface area contributed by atoms with E-state index < -0.39 is 11.8 Å². The number of benzene rings is 1. The van der Waals surface area contributed by atoms with Crippen LogP contribution in [0.25, 0.3) is 16.5 Å². The van der Waals surface area contributed by atoms with Crippen LogP contribution in [-0.2, 0) is 4.79 Å². The van der Waals surface area contributed by atoms with E-state index in [0.717, 1.165) is 16.5 Å². The van der Waals surface area contributed by atoms with Gasteiger partial charge in [-0.15, -0.1) is 11.3 Å². The van der Waals surface area contributed by atoms with Gasteiger partial charge in [-0.25, -0.2) is 4.79 Å². The van der Waals surface area contributed by atoms with E-state index in [2.05, 4.69) is 0 Å². The van der Waals surface area contributed by atoms with E-state index >= 15 is 0 Å². The molecule has 1 N–H and O–H groups in total. The van der Waals surface area contributed by atoms with Gasteiger partial charge in [0.25, 0.3) is 0 Å². The molecule has 0 bridgehead atoms. The first-order valence-electron chi connectivity index (χ1n) is 5.02. The third-order valence-electron chi connectivity index (χ3n) is 2.23. The Morgan fingerprint density at radius 2 is 1.89 bits per heavy atom. The van der Waals surface area contributed by atoms with E-state index in [1.165, 1.54) is 11.3 Å². The van der Waals surface area contributed by atoms with E-state index in [-0.39, 0.29) is 0 Å². The standard InChI is InChI=1S/C13H8ClFO2S/c14-9-3-1-8(2-4-9)12-6-5-10(18-12)7-11(15)13(16)17/h1-7H,(H,16,17). The highest BCUT2D eigenvalue weighted by Crippen LogP contribution is 2.30. The van der Waals surface area contributed by atoms with E-state index in [0.29, 0.717) is 9.90 Å². The van der Waals surface area contributed by atoms with E-state index in [1.54, 1.807) is 18.2 Å². The molecule has 2 nitrogen and oxygen atoms in total. The second kappa shape index (κ2) is 5.33. The van der Waals surface area contributed by atoms with Crippen molar-refractivity contribution in [3.05, 3.63) is 52.1 Å². The van der Waals surface area contributed by atoms with Crippen LogP contribution >= 0.6 is 22.9 Å². The van der Waals surface area contributed by atoms with Gasteiger partial charge >= 0.3 is 5.97 Å². The third-order valence-corrected chi connectivity index (χ3v) is 3.56. The van der Waals surface area contributed by atoms with Crippen molar-refractivity contribution in [2.24, 2.45) is 0 Å². The van der Waals surface area contributed by atoms with Crippen LogP contribution in [0.3, 0.4) is 0 Å². The Hall–Kier alpha value is -1.65. The first kappa shape index (κ1) is 12.8. The number of carboxylic acids is 1. The molecule has 0 aliphatic rings. The molecule has 1 heterocycles. The Labute approximate surface area is 112 Å². The van der Waals surface area contributed by atoms with Gasteiger partial charge in [-0.1, -0.05) is 23.7 Å². The lowest BCUT2D eigenvalue weighted by molar-refractivity contribution is -0.134. The molecule has 0 spiro atoms. The Bertz CT molecular complexity index is 602. The third kappa shape index (κ3) is 2.97. The maximum atomic E-state index is 12.9. The monoisotopic (exact) mass is 282 g/mol. The molecule has 2 aromatic rings. The Morgan fingerprint density at radius 1 is 1.22 bits per heavy atom. The molecule has 2 rings (SSSR count). The average molecular weight is 283 g/mol. The van der Waals surface area contributed by atoms with Crippen LogP contribution in [0.2, 0.25) is 5.02 Å². The molecular formula is C13H8ClFO2S. The first-order chi connectivity index (χ1) is 8.56. The van der Waals surface area contributed by atoms with Crippen molar-refractivity contribution in [2.45, 2.75) is 0 Å². The molecule has 0 unspecified atom stereocenters. The summed E-state index contributed by atoms with van der Waals surface area (Å²) in [6, 6.07) is 10.7. The molecule has 0 radical (unpaired) electrons. The smallest absolute Gasteiger partial charge is 0.364 e. The van der Waals surface area contributed by atoms with Crippen LogP contribution in [0.15, 0.2) is 42.2 Å². The summed E-state index contributed by atoms with van der Waals surface area (Å²) in [5.41, 5.74) is 0.958. The minimum absolute atomic E-state index is 0.555. The number of rotatable bonds is 3. The molecule has 0 fully saturated rings. The van der Waals surface area contributed by atoms with Crippen LogP contribution in [0.5, 0.6) is 0 Å². The summed E-state index contributed by atoms with van der Waals surface area (Å²) in [6.07, 6.45) is 1.01. The summed E-state index contributed by atoms with van der Waals surface area (Å²) in [4.78, 5) is 11.8. The van der Waals surface area contributed by atoms with Crippen molar-refractivity contribution in [3.8, 4) is 10.4 Å². The van der Waals surface area contributed by atoms with Gasteiger partial charge in [-0.2, -0.15) is 4.39 Å². The van der Waals surface area contributed by atoms with Crippen molar-refractivity contribution in [1.82, 2.24) is 0 Å². The lowest BCUT2D eigenvalue weighted by Crippen LogP contribution is -1.93. The van der Waals surface area contributed by atoms with Gasteiger partial charge < -0.3 is 5.11 Å². The molecule has 0 saturated carbocycles. The molecule has 0 aliphatic heterocycles. The molecule has 18 heavy (non-hydrogen) atoms. The van der Waals surface area contributed by atoms with Crippen LogP contribution in [0.1, 0.15) is 4.88 Å². The number of halogens is 2. The molecule has 1 aromatic heterocycles. The second-order valence-electron chi connectivity index (χ2n) is 3.51. The summed E-state index contributed by atoms with van der Waals surface area (Å²) in [6.45, 7) is 0. The Kier molecular flexibility index (Phi) is 3.79. The molecule has 1 aromatic carbocycles. The maximum Gasteiger partial charge on any atom is 0.364 e. The number of thiophene rings is 1. The summed E-state index contributed by atoms with van der Waals surface area (Å²) >= 11 is 7.10. The van der Waals surface area contributed by atoms with Gasteiger partial charge in [-0.3, -0.25) is 0 Å². The van der Waals surface area contributed by atoms with Crippen LogP contribution in [-0.4, -0.2) is 11.1 Å². The molecule has 0 amide bonds. The number of carboxylic acid groups (broad SMARTS) is 1. The SMILES string of the molecule is O=C(O)C(F)=Cc1ccc(-c2ccc(Cl)cc2)s1. The van der Waals surface area contributed by atoms with Gasteiger partial charge in [0.1, 0.15) is 0 Å². The second-order valence-corrected chi connectivity index (χ2v) is 5.06. The topological polar surface area (TPSA) is 37.3 Å². The van der Waals surface area contributed by atoms with E-state index in [4.69, 9.17) is 16.7 Å². The van der Waals surface area contributed by atoms with Crippen LogP contribution in [0.4, 0.5) is 4.39 Å². The van der Waals surface area contributed by atoms with Crippen LogP contribution in [0, 0.1) is 0 Å². The first-order valence-corrected chi connectivity index (χ1v) is 6.22. The largest absolute Gasteiger partial charge is 0.476 e. The van der Waals surface area contributed by atoms with Gasteiger partial charge in [0.2, 0.25) is 5.83 Å². The van der Waals surface area contributed by atoms with Crippen molar-refractivity contribution < 1.29 is 14.3 Å². The molecule has 0 atom stereocenters. The quantitative estimate of drug-likeness (QED) is 0.844. The lowest BCUT2D eigenvalue weighted by atomic mass is 10.2. The molecule has 0 saturated heterocycles. The molecule has 0 aliphatic carbocycles. The summed E-state index contributed by atoms with van der Waals surface area (Å²) < 4.78 is 12.9. The Morgan fingerprint density at radius 3 is 2.50 bits per heavy atom. The van der Waals surface area contributed by atoms with Gasteiger partial charge in [-0.05, 0) is 35.9 Å². The summed E-state index contributed by atoms with van der Waals surface area (Å²) in [5, 5.41) is 9.09. The molecule has 5 heteroatoms. The Balaban J connectivity index is 2.28. The normalized spacial score (nSPS) is 11.6. The fourth-order valence-corrected chi connectivity index (χ4v) is 2.45. The highest BCUT2D eigenvalue weighted by molar-refractivity contribution is 7.16. The number of hydrogen-bond acceptors (Lipinski definition) is 2. The fraction of sp³-hybridized carbons (Fsp3) is 0. The summed E-state index contributed by atoms with van der Waals surface area (Å²) in [7, 11) is 0. The zero-order chi connectivity index (χ0) is 13.1. The number of carbonyl (C=O) groups is 1. The minimum atomic E-state index is -1.56. The molecule has 92 valence electrons. The van der Waals surface area contributed by atoms with Crippen molar-refractivity contribution >= 4 is 35.0 Å². The van der Waals surface area contributed by atoms with Crippen LogP contribution < -0.4 is 0 Å². The van der Waals surface area contributed by atoms with Crippen molar-refractivity contribution in [1.29, 1.82) is 0 Å². The zero-order valence-corrected chi connectivity index (χ0v) is 10.6. The minimum Gasteiger partial charge on any atom is -0.476 e. The van der Waals surface area contributed by atoms with Gasteiger partial charge in [0.15, 0.2) is 0 Å². The van der Waals surface area contributed by atoms with Crippen molar-refractivity contribution in [3.63, 3.8) is 0 Å². The zero-order valence-electron chi connectivity index (χ0n) is 9.06. The maximum absolute atomic E-state index is 12.9. The van der Waals surface area contributed by atoms with E-state index in [9.17, 15) is 9.18 Å². The molecular weight excluding hydrogens is 275 g/mol. The lowest BCUT2D eigenvalue weighted by Gasteiger charge is -1.96. The predicted molar refractivity (Wildman–Crippen MR) is 71.5 cm³/mol. The van der Waals surface area contributed by atoms with Gasteiger partial charge in [0, 0.05) is 14.8 Å². The van der Waals surface area contributed by atoms with Gasteiger partial charge in [0.05, 0.1) is 0 Å². The summed E-state index contributed by atoms with van der Waals surface area (Å²) in [5.74, 6) is -2.73. The van der Waals surface area contributed by atoms with E-state index in [1.807, 2.05) is 18.2 Å².